The van der Waals surface area contributed by atoms with Crippen LogP contribution in [0, 0.1) is 11.6 Å². The molecule has 3 rings (SSSR count). The van der Waals surface area contributed by atoms with Gasteiger partial charge in [0.1, 0.15) is 0 Å². The average molecular weight is 264 g/mol. The minimum absolute atomic E-state index is 0.0124. The first kappa shape index (κ1) is 11.0. The molecule has 0 fully saturated rings. The van der Waals surface area contributed by atoms with Crippen LogP contribution in [0.15, 0.2) is 40.2 Å². The van der Waals surface area contributed by atoms with Crippen molar-refractivity contribution in [2.75, 3.05) is 0 Å². The molecule has 3 aromatic rings. The van der Waals surface area contributed by atoms with Gasteiger partial charge in [0, 0.05) is 0 Å². The Balaban J connectivity index is 2.06. The molecule has 0 spiro atoms. The Hall–Kier alpha value is -2.08. The number of thiophene rings is 1. The van der Waals surface area contributed by atoms with Crippen LogP contribution in [-0.4, -0.2) is 10.1 Å². The second-order valence-electron chi connectivity index (χ2n) is 3.50. The molecule has 0 aliphatic carbocycles. The summed E-state index contributed by atoms with van der Waals surface area (Å²) in [6, 6.07) is 7.49. The molecule has 0 atom stereocenters. The van der Waals surface area contributed by atoms with Crippen molar-refractivity contribution in [3.63, 3.8) is 0 Å². The quantitative estimate of drug-likeness (QED) is 0.707. The fourth-order valence-corrected chi connectivity index (χ4v) is 2.15. The zero-order valence-electron chi connectivity index (χ0n) is 8.93. The van der Waals surface area contributed by atoms with Gasteiger partial charge in [-0.1, -0.05) is 17.3 Å². The lowest BCUT2D eigenvalue weighted by Crippen LogP contribution is -1.90. The van der Waals surface area contributed by atoms with E-state index in [0.717, 1.165) is 10.9 Å². The van der Waals surface area contributed by atoms with Gasteiger partial charge in [-0.2, -0.15) is 4.98 Å². The van der Waals surface area contributed by atoms with Crippen molar-refractivity contribution in [2.45, 2.75) is 0 Å². The van der Waals surface area contributed by atoms with Crippen LogP contribution in [0.5, 0.6) is 0 Å². The topological polar surface area (TPSA) is 38.9 Å². The van der Waals surface area contributed by atoms with Crippen molar-refractivity contribution >= 4 is 11.3 Å². The Labute approximate surface area is 105 Å². The zero-order valence-corrected chi connectivity index (χ0v) is 9.75. The van der Waals surface area contributed by atoms with Gasteiger partial charge in [-0.25, -0.2) is 8.78 Å². The lowest BCUT2D eigenvalue weighted by Gasteiger charge is -1.97. The maximum Gasteiger partial charge on any atom is 0.268 e. The van der Waals surface area contributed by atoms with E-state index in [9.17, 15) is 8.78 Å². The molecule has 0 N–H and O–H groups in total. The standard InChI is InChI=1S/C12H6F2N2OS/c13-8-4-1-3-7(10(8)14)11-15-12(17-16-11)9-5-2-6-18-9/h1-6H. The van der Waals surface area contributed by atoms with Crippen molar-refractivity contribution < 1.29 is 13.3 Å². The summed E-state index contributed by atoms with van der Waals surface area (Å²) >= 11 is 1.43. The molecule has 90 valence electrons. The number of nitrogens with zero attached hydrogens (tertiary/aromatic N) is 2. The molecular weight excluding hydrogens is 258 g/mol. The van der Waals surface area contributed by atoms with E-state index in [1.54, 1.807) is 0 Å². The van der Waals surface area contributed by atoms with Crippen LogP contribution in [0.1, 0.15) is 0 Å². The highest BCUT2D eigenvalue weighted by atomic mass is 32.1. The zero-order chi connectivity index (χ0) is 12.5. The second kappa shape index (κ2) is 4.30. The number of halogens is 2. The maximum absolute atomic E-state index is 13.5. The summed E-state index contributed by atoms with van der Waals surface area (Å²) in [5, 5.41) is 5.52. The summed E-state index contributed by atoms with van der Waals surface area (Å²) in [7, 11) is 0. The summed E-state index contributed by atoms with van der Waals surface area (Å²) in [6.45, 7) is 0. The van der Waals surface area contributed by atoms with Gasteiger partial charge in [-0.15, -0.1) is 11.3 Å². The van der Waals surface area contributed by atoms with Gasteiger partial charge in [0.05, 0.1) is 10.4 Å². The van der Waals surface area contributed by atoms with E-state index < -0.39 is 11.6 Å². The van der Waals surface area contributed by atoms with Gasteiger partial charge in [0.15, 0.2) is 11.6 Å². The minimum atomic E-state index is -0.976. The molecule has 0 aliphatic heterocycles. The summed E-state index contributed by atoms with van der Waals surface area (Å²) in [4.78, 5) is 4.83. The first-order valence-corrected chi connectivity index (χ1v) is 5.95. The highest BCUT2D eigenvalue weighted by Crippen LogP contribution is 2.27. The lowest BCUT2D eigenvalue weighted by atomic mass is 10.2. The van der Waals surface area contributed by atoms with E-state index in [-0.39, 0.29) is 11.4 Å². The number of hydrogen-bond acceptors (Lipinski definition) is 4. The third-order valence-corrected chi connectivity index (χ3v) is 3.21. The highest BCUT2D eigenvalue weighted by Gasteiger charge is 2.16. The van der Waals surface area contributed by atoms with Gasteiger partial charge in [0.25, 0.3) is 5.89 Å². The van der Waals surface area contributed by atoms with Crippen LogP contribution in [0.4, 0.5) is 8.78 Å². The number of hydrogen-bond donors (Lipinski definition) is 0. The second-order valence-corrected chi connectivity index (χ2v) is 4.45. The normalized spacial score (nSPS) is 10.8. The predicted molar refractivity (Wildman–Crippen MR) is 63.0 cm³/mol. The van der Waals surface area contributed by atoms with E-state index in [2.05, 4.69) is 10.1 Å². The molecule has 3 nitrogen and oxygen atoms in total. The van der Waals surface area contributed by atoms with Gasteiger partial charge in [-0.3, -0.25) is 0 Å². The van der Waals surface area contributed by atoms with Crippen LogP contribution in [0.2, 0.25) is 0 Å². The van der Waals surface area contributed by atoms with Crippen molar-refractivity contribution in [3.8, 4) is 22.2 Å². The SMILES string of the molecule is Fc1cccc(-c2noc(-c3cccs3)n2)c1F. The van der Waals surface area contributed by atoms with Crippen LogP contribution in [-0.2, 0) is 0 Å². The van der Waals surface area contributed by atoms with Gasteiger partial charge < -0.3 is 4.52 Å². The molecule has 0 saturated heterocycles. The summed E-state index contributed by atoms with van der Waals surface area (Å²) in [5.41, 5.74) is -0.0124. The third-order valence-electron chi connectivity index (χ3n) is 2.35. The molecule has 0 radical (unpaired) electrons. The molecule has 6 heteroatoms. The van der Waals surface area contributed by atoms with Crippen molar-refractivity contribution in [1.82, 2.24) is 10.1 Å². The Kier molecular flexibility index (Phi) is 2.64. The lowest BCUT2D eigenvalue weighted by molar-refractivity contribution is 0.432. The highest BCUT2D eigenvalue weighted by molar-refractivity contribution is 7.13. The van der Waals surface area contributed by atoms with E-state index in [4.69, 9.17) is 4.52 Å². The van der Waals surface area contributed by atoms with E-state index >= 15 is 0 Å². The smallest absolute Gasteiger partial charge is 0.268 e. The van der Waals surface area contributed by atoms with Gasteiger partial charge >= 0.3 is 0 Å². The van der Waals surface area contributed by atoms with E-state index in [1.807, 2.05) is 17.5 Å². The summed E-state index contributed by atoms with van der Waals surface area (Å²) in [5.74, 6) is -1.58. The van der Waals surface area contributed by atoms with Crippen LogP contribution in [0.3, 0.4) is 0 Å². The molecular formula is C12H6F2N2OS. The molecule has 0 bridgehead atoms. The monoisotopic (exact) mass is 264 g/mol. The van der Waals surface area contributed by atoms with Gasteiger partial charge in [-0.05, 0) is 23.6 Å². The van der Waals surface area contributed by atoms with Crippen molar-refractivity contribution in [3.05, 3.63) is 47.3 Å². The molecule has 2 aromatic heterocycles. The third kappa shape index (κ3) is 1.80. The van der Waals surface area contributed by atoms with Crippen LogP contribution in [0.25, 0.3) is 22.2 Å². The summed E-state index contributed by atoms with van der Waals surface area (Å²) < 4.78 is 31.6. The Bertz CT molecular complexity index is 679. The molecule has 18 heavy (non-hydrogen) atoms. The fourth-order valence-electron chi connectivity index (χ4n) is 1.51. The molecule has 0 amide bonds. The average Bonchev–Trinajstić information content (AvgIpc) is 3.01. The van der Waals surface area contributed by atoms with Crippen LogP contribution >= 0.6 is 11.3 Å². The molecule has 0 unspecified atom stereocenters. The first-order valence-electron chi connectivity index (χ1n) is 5.07. The largest absolute Gasteiger partial charge is 0.333 e. The van der Waals surface area contributed by atoms with Crippen molar-refractivity contribution in [2.24, 2.45) is 0 Å². The predicted octanol–water partition coefficient (Wildman–Crippen LogP) is 3.74. The summed E-state index contributed by atoms with van der Waals surface area (Å²) in [6.07, 6.45) is 0. The Morgan fingerprint density at radius 2 is 2.00 bits per heavy atom. The Morgan fingerprint density at radius 3 is 2.78 bits per heavy atom. The fraction of sp³-hybridized carbons (Fsp3) is 0. The minimum Gasteiger partial charge on any atom is -0.333 e. The number of aromatic nitrogens is 2. The van der Waals surface area contributed by atoms with E-state index in [1.165, 1.54) is 23.5 Å². The number of benzene rings is 1. The molecule has 0 aliphatic rings. The van der Waals surface area contributed by atoms with Crippen LogP contribution < -0.4 is 0 Å². The van der Waals surface area contributed by atoms with Crippen molar-refractivity contribution in [1.29, 1.82) is 0 Å². The Morgan fingerprint density at radius 1 is 1.11 bits per heavy atom. The maximum atomic E-state index is 13.5. The molecule has 2 heterocycles. The van der Waals surface area contributed by atoms with E-state index in [0.29, 0.717) is 5.89 Å². The molecule has 0 saturated carbocycles. The molecule has 1 aromatic carbocycles. The first-order chi connectivity index (χ1) is 8.75. The number of rotatable bonds is 2. The van der Waals surface area contributed by atoms with Gasteiger partial charge in [0.2, 0.25) is 5.82 Å².